The average Bonchev–Trinajstić information content (AvgIpc) is 2.88. The first kappa shape index (κ1) is 23.1. The quantitative estimate of drug-likeness (QED) is 0.408. The molecular formula is C26H22ClN3O4. The standard InChI is InChI=1S/C26H22ClN3O4/c1-33-23-12-4-18(5-13-23)16-28-26(32)20-6-10-22(11-7-20)30-25(31)15-14-24(29-30)34-17-19-2-8-21(27)9-3-19/h2-15H,16-17H2,1H3,(H,28,32). The van der Waals surface area contributed by atoms with Crippen LogP contribution in [-0.2, 0) is 13.2 Å². The SMILES string of the molecule is COc1ccc(CNC(=O)c2ccc(-n3nc(OCc4ccc(Cl)cc4)ccc3=O)cc2)cc1. The Bertz CT molecular complexity index is 1320. The van der Waals surface area contributed by atoms with Gasteiger partial charge in [0.1, 0.15) is 12.4 Å². The molecule has 1 heterocycles. The molecule has 8 heteroatoms. The van der Waals surface area contributed by atoms with Gasteiger partial charge in [-0.15, -0.1) is 5.10 Å². The second-order valence-electron chi connectivity index (χ2n) is 7.41. The van der Waals surface area contributed by atoms with Gasteiger partial charge in [-0.05, 0) is 59.7 Å². The lowest BCUT2D eigenvalue weighted by Crippen LogP contribution is -2.23. The van der Waals surface area contributed by atoms with Crippen molar-refractivity contribution in [1.29, 1.82) is 0 Å². The summed E-state index contributed by atoms with van der Waals surface area (Å²) >= 11 is 5.90. The average molecular weight is 476 g/mol. The van der Waals surface area contributed by atoms with Gasteiger partial charge in [0, 0.05) is 29.3 Å². The van der Waals surface area contributed by atoms with Gasteiger partial charge in [-0.1, -0.05) is 35.9 Å². The number of carbonyl (C=O) groups excluding carboxylic acids is 1. The summed E-state index contributed by atoms with van der Waals surface area (Å²) in [5.41, 5.74) is 2.57. The van der Waals surface area contributed by atoms with Crippen LogP contribution in [-0.4, -0.2) is 22.8 Å². The van der Waals surface area contributed by atoms with E-state index in [0.29, 0.717) is 28.7 Å². The van der Waals surface area contributed by atoms with Gasteiger partial charge >= 0.3 is 0 Å². The van der Waals surface area contributed by atoms with Crippen LogP contribution in [0.5, 0.6) is 11.6 Å². The van der Waals surface area contributed by atoms with Gasteiger partial charge in [0.05, 0.1) is 12.8 Å². The molecule has 0 aliphatic rings. The number of aromatic nitrogens is 2. The minimum absolute atomic E-state index is 0.220. The zero-order chi connectivity index (χ0) is 23.9. The lowest BCUT2D eigenvalue weighted by atomic mass is 10.1. The van der Waals surface area contributed by atoms with Crippen LogP contribution in [0.15, 0.2) is 89.7 Å². The van der Waals surface area contributed by atoms with Gasteiger partial charge in [0.25, 0.3) is 11.5 Å². The highest BCUT2D eigenvalue weighted by Gasteiger charge is 2.09. The number of carbonyl (C=O) groups is 1. The van der Waals surface area contributed by atoms with E-state index in [1.165, 1.54) is 16.8 Å². The Morgan fingerprint density at radius 1 is 0.912 bits per heavy atom. The summed E-state index contributed by atoms with van der Waals surface area (Å²) < 4.78 is 12.1. The van der Waals surface area contributed by atoms with E-state index in [2.05, 4.69) is 10.4 Å². The molecule has 1 N–H and O–H groups in total. The summed E-state index contributed by atoms with van der Waals surface area (Å²) in [5.74, 6) is 0.840. The van der Waals surface area contributed by atoms with Crippen molar-refractivity contribution in [2.75, 3.05) is 7.11 Å². The number of halogens is 1. The van der Waals surface area contributed by atoms with Crippen molar-refractivity contribution in [3.05, 3.63) is 117 Å². The van der Waals surface area contributed by atoms with Crippen molar-refractivity contribution in [3.63, 3.8) is 0 Å². The molecule has 172 valence electrons. The normalized spacial score (nSPS) is 10.5. The molecular weight excluding hydrogens is 454 g/mol. The number of amides is 1. The Morgan fingerprint density at radius 2 is 1.59 bits per heavy atom. The monoisotopic (exact) mass is 475 g/mol. The van der Waals surface area contributed by atoms with E-state index in [4.69, 9.17) is 21.1 Å². The minimum atomic E-state index is -0.310. The third-order valence-electron chi connectivity index (χ3n) is 5.06. The van der Waals surface area contributed by atoms with Crippen LogP contribution in [0.1, 0.15) is 21.5 Å². The summed E-state index contributed by atoms with van der Waals surface area (Å²) in [6.45, 7) is 0.675. The first-order chi connectivity index (χ1) is 16.5. The van der Waals surface area contributed by atoms with Crippen molar-refractivity contribution in [2.45, 2.75) is 13.2 Å². The molecule has 0 aliphatic heterocycles. The van der Waals surface area contributed by atoms with E-state index in [1.807, 2.05) is 36.4 Å². The molecule has 0 unspecified atom stereocenters. The van der Waals surface area contributed by atoms with E-state index in [0.717, 1.165) is 16.9 Å². The highest BCUT2D eigenvalue weighted by molar-refractivity contribution is 6.30. The third-order valence-corrected chi connectivity index (χ3v) is 5.31. The maximum atomic E-state index is 12.5. The second-order valence-corrected chi connectivity index (χ2v) is 7.85. The van der Waals surface area contributed by atoms with Gasteiger partial charge in [0.15, 0.2) is 0 Å². The Morgan fingerprint density at radius 3 is 2.26 bits per heavy atom. The van der Waals surface area contributed by atoms with Crippen molar-refractivity contribution in [2.24, 2.45) is 0 Å². The summed E-state index contributed by atoms with van der Waals surface area (Å²) in [6, 6.07) is 24.3. The van der Waals surface area contributed by atoms with Crippen molar-refractivity contribution >= 4 is 17.5 Å². The van der Waals surface area contributed by atoms with Crippen LogP contribution in [0.25, 0.3) is 5.69 Å². The third kappa shape index (κ3) is 5.82. The molecule has 0 saturated heterocycles. The molecule has 4 aromatic rings. The molecule has 1 amide bonds. The molecule has 0 fully saturated rings. The topological polar surface area (TPSA) is 82.4 Å². The number of hydrogen-bond acceptors (Lipinski definition) is 5. The Kier molecular flexibility index (Phi) is 7.25. The minimum Gasteiger partial charge on any atom is -0.497 e. The molecule has 0 atom stereocenters. The first-order valence-corrected chi connectivity index (χ1v) is 10.9. The molecule has 7 nitrogen and oxygen atoms in total. The lowest BCUT2D eigenvalue weighted by molar-refractivity contribution is 0.0951. The zero-order valence-electron chi connectivity index (χ0n) is 18.4. The van der Waals surface area contributed by atoms with Gasteiger partial charge < -0.3 is 14.8 Å². The number of rotatable bonds is 8. The molecule has 34 heavy (non-hydrogen) atoms. The molecule has 4 rings (SSSR count). The molecule has 0 aliphatic carbocycles. The molecule has 0 bridgehead atoms. The predicted molar refractivity (Wildman–Crippen MR) is 130 cm³/mol. The van der Waals surface area contributed by atoms with Crippen LogP contribution in [0, 0.1) is 0 Å². The van der Waals surface area contributed by atoms with E-state index in [-0.39, 0.29) is 18.1 Å². The van der Waals surface area contributed by atoms with E-state index in [1.54, 1.807) is 43.5 Å². The number of ether oxygens (including phenoxy) is 2. The number of methoxy groups -OCH3 is 1. The first-order valence-electron chi connectivity index (χ1n) is 10.5. The number of nitrogens with zero attached hydrogens (tertiary/aromatic N) is 2. The highest BCUT2D eigenvalue weighted by atomic mass is 35.5. The zero-order valence-corrected chi connectivity index (χ0v) is 19.2. The van der Waals surface area contributed by atoms with Gasteiger partial charge in [0.2, 0.25) is 5.88 Å². The Hall–Kier alpha value is -4.10. The van der Waals surface area contributed by atoms with Gasteiger partial charge in [-0.25, -0.2) is 0 Å². The smallest absolute Gasteiger partial charge is 0.271 e. The summed E-state index contributed by atoms with van der Waals surface area (Å²) in [7, 11) is 1.61. The van der Waals surface area contributed by atoms with Crippen LogP contribution >= 0.6 is 11.6 Å². The van der Waals surface area contributed by atoms with Crippen molar-refractivity contribution in [3.8, 4) is 17.3 Å². The number of benzene rings is 3. The molecule has 1 aromatic heterocycles. The molecule has 0 saturated carbocycles. The number of nitrogens with one attached hydrogen (secondary N) is 1. The van der Waals surface area contributed by atoms with Gasteiger partial charge in [-0.2, -0.15) is 4.68 Å². The number of hydrogen-bond donors (Lipinski definition) is 1. The molecule has 0 radical (unpaired) electrons. The van der Waals surface area contributed by atoms with Crippen LogP contribution < -0.4 is 20.3 Å². The maximum Gasteiger partial charge on any atom is 0.271 e. The highest BCUT2D eigenvalue weighted by Crippen LogP contribution is 2.14. The summed E-state index contributed by atoms with van der Waals surface area (Å²) in [5, 5.41) is 7.81. The fourth-order valence-corrected chi connectivity index (χ4v) is 3.30. The van der Waals surface area contributed by atoms with Gasteiger partial charge in [-0.3, -0.25) is 9.59 Å². The Labute approximate surface area is 201 Å². The summed E-state index contributed by atoms with van der Waals surface area (Å²) in [4.78, 5) is 24.9. The molecule has 0 spiro atoms. The van der Waals surface area contributed by atoms with Crippen molar-refractivity contribution < 1.29 is 14.3 Å². The largest absolute Gasteiger partial charge is 0.497 e. The lowest BCUT2D eigenvalue weighted by Gasteiger charge is -2.10. The van der Waals surface area contributed by atoms with Crippen LogP contribution in [0.4, 0.5) is 0 Å². The van der Waals surface area contributed by atoms with E-state index in [9.17, 15) is 9.59 Å². The fourth-order valence-electron chi connectivity index (χ4n) is 3.18. The van der Waals surface area contributed by atoms with E-state index >= 15 is 0 Å². The van der Waals surface area contributed by atoms with Crippen LogP contribution in [0.3, 0.4) is 0 Å². The fraction of sp³-hybridized carbons (Fsp3) is 0.115. The molecule has 3 aromatic carbocycles. The second kappa shape index (κ2) is 10.7. The Balaban J connectivity index is 1.41. The summed E-state index contributed by atoms with van der Waals surface area (Å²) in [6.07, 6.45) is 0. The van der Waals surface area contributed by atoms with Crippen molar-refractivity contribution in [1.82, 2.24) is 15.1 Å². The predicted octanol–water partition coefficient (Wildman–Crippen LogP) is 4.40. The maximum absolute atomic E-state index is 12.5. The van der Waals surface area contributed by atoms with Crippen LogP contribution in [0.2, 0.25) is 5.02 Å². The van der Waals surface area contributed by atoms with E-state index < -0.39 is 0 Å².